The molecule has 0 radical (unpaired) electrons. The molecule has 0 bridgehead atoms. The molecular formula is C20H17ClO3. The molecule has 3 aromatic rings. The molecule has 0 atom stereocenters. The molecule has 1 N–H and O–H groups in total. The van der Waals surface area contributed by atoms with Crippen LogP contribution in [0.5, 0.6) is 17.2 Å². The van der Waals surface area contributed by atoms with E-state index in [-0.39, 0.29) is 16.5 Å². The van der Waals surface area contributed by atoms with Crippen molar-refractivity contribution in [2.45, 2.75) is 13.2 Å². The molecule has 0 unspecified atom stereocenters. The van der Waals surface area contributed by atoms with Gasteiger partial charge in [-0.15, -0.1) is 0 Å². The van der Waals surface area contributed by atoms with Crippen LogP contribution in [-0.4, -0.2) is 5.11 Å². The Labute approximate surface area is 146 Å². The predicted molar refractivity (Wildman–Crippen MR) is 94.7 cm³/mol. The van der Waals surface area contributed by atoms with Crippen molar-refractivity contribution in [2.24, 2.45) is 0 Å². The second kappa shape index (κ2) is 7.75. The van der Waals surface area contributed by atoms with Gasteiger partial charge in [-0.25, -0.2) is 0 Å². The van der Waals surface area contributed by atoms with E-state index in [2.05, 4.69) is 0 Å². The lowest BCUT2D eigenvalue weighted by atomic mass is 10.2. The monoisotopic (exact) mass is 340 g/mol. The number of benzene rings is 3. The smallest absolute Gasteiger partial charge is 0.183 e. The molecule has 0 aliphatic rings. The van der Waals surface area contributed by atoms with E-state index in [1.807, 2.05) is 60.7 Å². The molecule has 24 heavy (non-hydrogen) atoms. The number of phenolic OH excluding ortho intramolecular Hbond substituents is 1. The van der Waals surface area contributed by atoms with E-state index < -0.39 is 0 Å². The maximum absolute atomic E-state index is 10.0. The molecule has 0 aromatic heterocycles. The Balaban J connectivity index is 1.72. The van der Waals surface area contributed by atoms with E-state index >= 15 is 0 Å². The summed E-state index contributed by atoms with van der Waals surface area (Å²) in [6.45, 7) is 0.708. The molecule has 0 spiro atoms. The number of phenols is 1. The summed E-state index contributed by atoms with van der Waals surface area (Å²) in [5.74, 6) is 0.690. The quantitative estimate of drug-likeness (QED) is 0.670. The zero-order valence-electron chi connectivity index (χ0n) is 13.0. The van der Waals surface area contributed by atoms with Crippen LogP contribution in [0.2, 0.25) is 5.02 Å². The fraction of sp³-hybridized carbons (Fsp3) is 0.100. The summed E-state index contributed by atoms with van der Waals surface area (Å²) in [5, 5.41) is 10.3. The highest BCUT2D eigenvalue weighted by Crippen LogP contribution is 2.41. The maximum atomic E-state index is 10.0. The van der Waals surface area contributed by atoms with Gasteiger partial charge in [0.25, 0.3) is 0 Å². The number of ether oxygens (including phenoxy) is 2. The summed E-state index contributed by atoms with van der Waals surface area (Å²) in [7, 11) is 0. The Morgan fingerprint density at radius 1 is 0.708 bits per heavy atom. The zero-order valence-corrected chi connectivity index (χ0v) is 13.7. The van der Waals surface area contributed by atoms with Gasteiger partial charge in [0.05, 0.1) is 0 Å². The van der Waals surface area contributed by atoms with Crippen molar-refractivity contribution in [3.8, 4) is 17.2 Å². The first kappa shape index (κ1) is 16.2. The minimum absolute atomic E-state index is 0.0111. The van der Waals surface area contributed by atoms with Crippen LogP contribution in [0.25, 0.3) is 0 Å². The molecule has 122 valence electrons. The highest BCUT2D eigenvalue weighted by atomic mass is 35.5. The molecule has 0 heterocycles. The lowest BCUT2D eigenvalue weighted by Gasteiger charge is -2.14. The average Bonchev–Trinajstić information content (AvgIpc) is 2.63. The normalized spacial score (nSPS) is 10.4. The first-order valence-corrected chi connectivity index (χ1v) is 7.97. The topological polar surface area (TPSA) is 38.7 Å². The van der Waals surface area contributed by atoms with E-state index in [0.717, 1.165) is 11.1 Å². The van der Waals surface area contributed by atoms with E-state index in [1.165, 1.54) is 6.07 Å². The lowest BCUT2D eigenvalue weighted by molar-refractivity contribution is 0.278. The van der Waals surface area contributed by atoms with Crippen LogP contribution in [0, 0.1) is 0 Å². The van der Waals surface area contributed by atoms with E-state index in [9.17, 15) is 5.11 Å². The lowest BCUT2D eigenvalue weighted by Crippen LogP contribution is -1.99. The molecule has 0 saturated carbocycles. The number of hydrogen-bond acceptors (Lipinski definition) is 3. The van der Waals surface area contributed by atoms with Crippen LogP contribution in [0.15, 0.2) is 72.8 Å². The van der Waals surface area contributed by atoms with Crippen molar-refractivity contribution in [1.29, 1.82) is 0 Å². The molecule has 0 saturated heterocycles. The molecule has 3 nitrogen and oxygen atoms in total. The van der Waals surface area contributed by atoms with Gasteiger partial charge < -0.3 is 14.6 Å². The van der Waals surface area contributed by atoms with Gasteiger partial charge in [0.15, 0.2) is 11.5 Å². The first-order chi connectivity index (χ1) is 11.7. The van der Waals surface area contributed by atoms with Gasteiger partial charge in [0.1, 0.15) is 24.0 Å². The summed E-state index contributed by atoms with van der Waals surface area (Å²) in [4.78, 5) is 0. The minimum Gasteiger partial charge on any atom is -0.504 e. The first-order valence-electron chi connectivity index (χ1n) is 7.59. The van der Waals surface area contributed by atoms with Gasteiger partial charge >= 0.3 is 0 Å². The highest BCUT2D eigenvalue weighted by molar-refractivity contribution is 6.33. The van der Waals surface area contributed by atoms with Crippen LogP contribution in [-0.2, 0) is 13.2 Å². The van der Waals surface area contributed by atoms with Gasteiger partial charge in [-0.1, -0.05) is 72.3 Å². The second-order valence-electron chi connectivity index (χ2n) is 5.27. The Hall–Kier alpha value is -2.65. The van der Waals surface area contributed by atoms with Crippen molar-refractivity contribution in [3.63, 3.8) is 0 Å². The number of halogens is 1. The third-order valence-corrected chi connectivity index (χ3v) is 3.86. The van der Waals surface area contributed by atoms with Crippen molar-refractivity contribution in [3.05, 3.63) is 88.9 Å². The Morgan fingerprint density at radius 2 is 1.25 bits per heavy atom. The highest BCUT2D eigenvalue weighted by Gasteiger charge is 2.14. The second-order valence-corrected chi connectivity index (χ2v) is 5.65. The maximum Gasteiger partial charge on any atom is 0.183 e. The molecule has 0 fully saturated rings. The molecule has 0 aliphatic carbocycles. The average molecular weight is 341 g/mol. The van der Waals surface area contributed by atoms with Gasteiger partial charge in [-0.2, -0.15) is 0 Å². The Bertz CT molecular complexity index is 789. The summed E-state index contributed by atoms with van der Waals surface area (Å²) >= 11 is 6.34. The Kier molecular flexibility index (Phi) is 5.24. The predicted octanol–water partition coefficient (Wildman–Crippen LogP) is 5.20. The third kappa shape index (κ3) is 4.00. The summed E-state index contributed by atoms with van der Waals surface area (Å²) in [5.41, 5.74) is 2.02. The van der Waals surface area contributed by atoms with Gasteiger partial charge in [0.2, 0.25) is 0 Å². The van der Waals surface area contributed by atoms with Gasteiger partial charge in [0, 0.05) is 0 Å². The van der Waals surface area contributed by atoms with Crippen LogP contribution in [0.1, 0.15) is 11.1 Å². The fourth-order valence-corrected chi connectivity index (χ4v) is 2.51. The Morgan fingerprint density at radius 3 is 1.83 bits per heavy atom. The molecule has 0 amide bonds. The third-order valence-electron chi connectivity index (χ3n) is 3.50. The molecule has 4 heteroatoms. The van der Waals surface area contributed by atoms with Crippen LogP contribution >= 0.6 is 11.6 Å². The molecule has 3 aromatic carbocycles. The van der Waals surface area contributed by atoms with Gasteiger partial charge in [-0.05, 0) is 23.3 Å². The minimum atomic E-state index is -0.0111. The number of rotatable bonds is 6. The van der Waals surface area contributed by atoms with Crippen molar-refractivity contribution < 1.29 is 14.6 Å². The number of aromatic hydroxyl groups is 1. The standard InChI is InChI=1S/C20H17ClO3/c21-19-18(23-13-15-7-3-1-4-8-15)12-11-17(22)20(19)24-14-16-9-5-2-6-10-16/h1-12,22H,13-14H2. The van der Waals surface area contributed by atoms with E-state index in [1.54, 1.807) is 6.07 Å². The van der Waals surface area contributed by atoms with Crippen LogP contribution in [0.4, 0.5) is 0 Å². The molecular weight excluding hydrogens is 324 g/mol. The largest absolute Gasteiger partial charge is 0.504 e. The van der Waals surface area contributed by atoms with Crippen molar-refractivity contribution >= 4 is 11.6 Å². The zero-order chi connectivity index (χ0) is 16.8. The molecule has 3 rings (SSSR count). The van der Waals surface area contributed by atoms with Crippen LogP contribution < -0.4 is 9.47 Å². The van der Waals surface area contributed by atoms with Crippen molar-refractivity contribution in [1.82, 2.24) is 0 Å². The fourth-order valence-electron chi connectivity index (χ4n) is 2.24. The summed E-state index contributed by atoms with van der Waals surface area (Å²) in [6.07, 6.45) is 0. The SMILES string of the molecule is Oc1ccc(OCc2ccccc2)c(Cl)c1OCc1ccccc1. The van der Waals surface area contributed by atoms with E-state index in [0.29, 0.717) is 19.0 Å². The number of hydrogen-bond donors (Lipinski definition) is 1. The van der Waals surface area contributed by atoms with E-state index in [4.69, 9.17) is 21.1 Å². The summed E-state index contributed by atoms with van der Waals surface area (Å²) in [6, 6.07) is 22.6. The van der Waals surface area contributed by atoms with Gasteiger partial charge in [-0.3, -0.25) is 0 Å². The van der Waals surface area contributed by atoms with Crippen LogP contribution in [0.3, 0.4) is 0 Å². The summed E-state index contributed by atoms with van der Waals surface area (Å²) < 4.78 is 11.4. The molecule has 0 aliphatic heterocycles. The van der Waals surface area contributed by atoms with Crippen molar-refractivity contribution in [2.75, 3.05) is 0 Å².